The maximum absolute atomic E-state index is 14.8. The lowest BCUT2D eigenvalue weighted by molar-refractivity contribution is -0.250. The molecule has 0 aromatic heterocycles. The molecule has 0 bridgehead atoms. The van der Waals surface area contributed by atoms with E-state index in [0.717, 1.165) is 51.4 Å². The monoisotopic (exact) mass is 711 g/mol. The molecule has 2 N–H and O–H groups in total. The van der Waals surface area contributed by atoms with Gasteiger partial charge in [0.25, 0.3) is 0 Å². The number of carboxylic acid groups (broad SMARTS) is 2. The van der Waals surface area contributed by atoms with Gasteiger partial charge >= 0.3 is 17.9 Å². The van der Waals surface area contributed by atoms with Gasteiger partial charge in [0.2, 0.25) is 0 Å². The molecule has 6 saturated carbocycles. The van der Waals surface area contributed by atoms with Gasteiger partial charge in [-0.15, -0.1) is 0 Å². The second-order valence-corrected chi connectivity index (χ2v) is 21.8. The molecule has 0 aromatic rings. The number of fused-ring (bicyclic) bond motifs is 7. The number of aliphatic carboxylic acids is 2. The largest absolute Gasteiger partial charge is 0.481 e. The molecule has 0 radical (unpaired) electrons. The highest BCUT2D eigenvalue weighted by molar-refractivity contribution is 5.87. The lowest BCUT2D eigenvalue weighted by atomic mass is 9.32. The van der Waals surface area contributed by atoms with Gasteiger partial charge < -0.3 is 14.9 Å². The van der Waals surface area contributed by atoms with Gasteiger partial charge in [-0.05, 0) is 148 Å². The summed E-state index contributed by atoms with van der Waals surface area (Å²) in [6.07, 6.45) is 11.4. The fourth-order valence-electron chi connectivity index (χ4n) is 14.9. The standard InChI is InChI=1S/C44H70O7/c1-25(2)27-14-19-44(32(45)23-26-22-29(36(47)48)39(26,5)6)21-20-42(10)28(35(27)44)12-13-31-41(9)17-16-33(51-34(46)24-38(3,4)37(49)50)40(7,8)30(41)15-18-43(31,42)11/h25-31,33,35H,12-24H2,1-11H3,(H,47,48)(H,49,50)/t26-,27-,28+,29+,30-,31+,33-,35+,41-,42+,43+,44+/m0/s1. The molecule has 7 nitrogen and oxygen atoms in total. The molecule has 0 aromatic carbocycles. The van der Waals surface area contributed by atoms with E-state index in [-0.39, 0.29) is 56.9 Å². The third-order valence-electron chi connectivity index (χ3n) is 18.5. The third kappa shape index (κ3) is 5.51. The first-order valence-corrected chi connectivity index (χ1v) is 20.6. The number of ether oxygens (including phenoxy) is 1. The molecule has 51 heavy (non-hydrogen) atoms. The SMILES string of the molecule is CC(C)[C@@H]1CC[C@]2(C(=O)C[C@@H]3C[C@H](C(=O)O)C3(C)C)CC[C@]3(C)[C@H](CC[C@@H]4[C@@]5(C)CC[C@H](OC(=O)CC(C)(C)C(=O)O)C(C)(C)[C@@H]5CC[C@]43C)[C@@H]12. The van der Waals surface area contributed by atoms with Crippen LogP contribution in [0.5, 0.6) is 0 Å². The van der Waals surface area contributed by atoms with Crippen molar-refractivity contribution < 1.29 is 34.1 Å². The maximum Gasteiger partial charge on any atom is 0.309 e. The zero-order valence-electron chi connectivity index (χ0n) is 33.8. The lowest BCUT2D eigenvalue weighted by Crippen LogP contribution is -2.67. The molecule has 0 heterocycles. The van der Waals surface area contributed by atoms with E-state index in [1.54, 1.807) is 13.8 Å². The highest BCUT2D eigenvalue weighted by Crippen LogP contribution is 2.78. The predicted molar refractivity (Wildman–Crippen MR) is 198 cm³/mol. The molecule has 0 spiro atoms. The highest BCUT2D eigenvalue weighted by atomic mass is 16.5. The molecular formula is C44H70O7. The summed E-state index contributed by atoms with van der Waals surface area (Å²) < 4.78 is 6.18. The van der Waals surface area contributed by atoms with Crippen molar-refractivity contribution in [1.29, 1.82) is 0 Å². The van der Waals surface area contributed by atoms with Crippen molar-refractivity contribution in [2.75, 3.05) is 0 Å². The van der Waals surface area contributed by atoms with Crippen molar-refractivity contribution >= 4 is 23.7 Å². The molecular weight excluding hydrogens is 640 g/mol. The van der Waals surface area contributed by atoms with Crippen LogP contribution in [0, 0.1) is 85.2 Å². The number of carbonyl (C=O) groups excluding carboxylic acids is 2. The van der Waals surface area contributed by atoms with Gasteiger partial charge in [0.1, 0.15) is 11.9 Å². The van der Waals surface area contributed by atoms with E-state index in [0.29, 0.717) is 54.1 Å². The zero-order valence-corrected chi connectivity index (χ0v) is 33.8. The Hall–Kier alpha value is -1.92. The first-order valence-electron chi connectivity index (χ1n) is 20.6. The van der Waals surface area contributed by atoms with E-state index in [1.807, 2.05) is 0 Å². The molecule has 6 aliphatic carbocycles. The number of hydrogen-bond acceptors (Lipinski definition) is 5. The Labute approximate surface area is 308 Å². The van der Waals surface area contributed by atoms with Crippen LogP contribution in [0.15, 0.2) is 0 Å². The molecule has 0 unspecified atom stereocenters. The molecule has 0 aliphatic heterocycles. The van der Waals surface area contributed by atoms with Crippen LogP contribution in [-0.2, 0) is 23.9 Å². The Morgan fingerprint density at radius 1 is 0.765 bits per heavy atom. The summed E-state index contributed by atoms with van der Waals surface area (Å²) in [5, 5.41) is 19.4. The Bertz CT molecular complexity index is 1440. The molecule has 6 aliphatic rings. The second kappa shape index (κ2) is 12.3. The Kier molecular flexibility index (Phi) is 9.36. The summed E-state index contributed by atoms with van der Waals surface area (Å²) in [7, 11) is 0. The first kappa shape index (κ1) is 38.8. The molecule has 288 valence electrons. The highest BCUT2D eigenvalue weighted by Gasteiger charge is 2.72. The van der Waals surface area contributed by atoms with E-state index in [2.05, 4.69) is 62.3 Å². The minimum Gasteiger partial charge on any atom is -0.481 e. The van der Waals surface area contributed by atoms with Crippen molar-refractivity contribution in [3.63, 3.8) is 0 Å². The number of rotatable bonds is 9. The quantitative estimate of drug-likeness (QED) is 0.229. The minimum absolute atomic E-state index is 0.113. The van der Waals surface area contributed by atoms with Crippen LogP contribution in [0.4, 0.5) is 0 Å². The van der Waals surface area contributed by atoms with E-state index in [9.17, 15) is 29.4 Å². The summed E-state index contributed by atoms with van der Waals surface area (Å²) in [4.78, 5) is 51.5. The summed E-state index contributed by atoms with van der Waals surface area (Å²) >= 11 is 0. The number of carboxylic acids is 2. The number of esters is 1. The Balaban J connectivity index is 1.25. The lowest BCUT2D eigenvalue weighted by Gasteiger charge is -2.73. The first-order chi connectivity index (χ1) is 23.4. The molecule has 7 heteroatoms. The van der Waals surface area contributed by atoms with Crippen molar-refractivity contribution in [2.45, 2.75) is 166 Å². The third-order valence-corrected chi connectivity index (χ3v) is 18.5. The number of carbonyl (C=O) groups is 4. The normalized spacial score (nSPS) is 45.3. The van der Waals surface area contributed by atoms with E-state index < -0.39 is 23.3 Å². The van der Waals surface area contributed by atoms with Gasteiger partial charge in [-0.2, -0.15) is 0 Å². The van der Waals surface area contributed by atoms with Crippen molar-refractivity contribution in [3.8, 4) is 0 Å². The van der Waals surface area contributed by atoms with Gasteiger partial charge in [0.15, 0.2) is 0 Å². The second-order valence-electron chi connectivity index (χ2n) is 21.8. The van der Waals surface area contributed by atoms with Crippen LogP contribution in [0.2, 0.25) is 0 Å². The van der Waals surface area contributed by atoms with Crippen molar-refractivity contribution in [1.82, 2.24) is 0 Å². The van der Waals surface area contributed by atoms with Gasteiger partial charge in [-0.25, -0.2) is 0 Å². The Morgan fingerprint density at radius 3 is 2.02 bits per heavy atom. The number of ketones is 1. The van der Waals surface area contributed by atoms with Crippen LogP contribution >= 0.6 is 0 Å². The van der Waals surface area contributed by atoms with E-state index in [1.165, 1.54) is 12.8 Å². The van der Waals surface area contributed by atoms with Gasteiger partial charge in [-0.3, -0.25) is 19.2 Å². The fourth-order valence-corrected chi connectivity index (χ4v) is 14.9. The van der Waals surface area contributed by atoms with E-state index >= 15 is 0 Å². The van der Waals surface area contributed by atoms with Crippen molar-refractivity contribution in [3.05, 3.63) is 0 Å². The zero-order chi connectivity index (χ0) is 37.9. The average Bonchev–Trinajstić information content (AvgIpc) is 3.41. The molecule has 6 rings (SSSR count). The molecule has 0 saturated heterocycles. The summed E-state index contributed by atoms with van der Waals surface area (Å²) in [6.45, 7) is 24.4. The maximum atomic E-state index is 14.8. The Morgan fingerprint density at radius 2 is 1.43 bits per heavy atom. The average molecular weight is 711 g/mol. The number of Topliss-reactive ketones (excluding diaryl/α,β-unsaturated/α-hetero) is 1. The van der Waals surface area contributed by atoms with Gasteiger partial charge in [0.05, 0.1) is 17.8 Å². The summed E-state index contributed by atoms with van der Waals surface area (Å²) in [6, 6.07) is 0. The van der Waals surface area contributed by atoms with Crippen LogP contribution in [0.25, 0.3) is 0 Å². The van der Waals surface area contributed by atoms with Crippen LogP contribution in [0.3, 0.4) is 0 Å². The predicted octanol–water partition coefficient (Wildman–Crippen LogP) is 9.84. The smallest absolute Gasteiger partial charge is 0.309 e. The van der Waals surface area contributed by atoms with Crippen LogP contribution in [-0.4, -0.2) is 40.0 Å². The fraction of sp³-hybridized carbons (Fsp3) is 0.909. The van der Waals surface area contributed by atoms with E-state index in [4.69, 9.17) is 4.74 Å². The number of hydrogen-bond donors (Lipinski definition) is 2. The van der Waals surface area contributed by atoms with Gasteiger partial charge in [-0.1, -0.05) is 62.3 Å². The van der Waals surface area contributed by atoms with Crippen LogP contribution in [0.1, 0.15) is 160 Å². The molecule has 12 atom stereocenters. The minimum atomic E-state index is -1.15. The van der Waals surface area contributed by atoms with Gasteiger partial charge in [0, 0.05) is 17.3 Å². The topological polar surface area (TPSA) is 118 Å². The molecule has 0 amide bonds. The summed E-state index contributed by atoms with van der Waals surface area (Å²) in [5.74, 6) is 1.07. The molecule has 6 fully saturated rings. The van der Waals surface area contributed by atoms with Crippen molar-refractivity contribution in [2.24, 2.45) is 85.2 Å². The van der Waals surface area contributed by atoms with Crippen LogP contribution < -0.4 is 0 Å². The summed E-state index contributed by atoms with van der Waals surface area (Å²) in [5.41, 5.74) is -1.59.